The maximum Gasteiger partial charge on any atom is 0.471 e. The van der Waals surface area contributed by atoms with Crippen LogP contribution in [0.2, 0.25) is 0 Å². The van der Waals surface area contributed by atoms with Gasteiger partial charge in [-0.15, -0.1) is 0 Å². The molecule has 0 aliphatic carbocycles. The Bertz CT molecular complexity index is 462. The summed E-state index contributed by atoms with van der Waals surface area (Å²) in [6, 6.07) is 7.97. The Morgan fingerprint density at radius 1 is 1.32 bits per heavy atom. The standard InChI is InChI=1S/C11H11F3N2O3/c1-7(8-5-3-2-4-6-8)9(16(18)19)15-10(17)11(12,13)14/h2-7,9H,1H3,(H,15,17). The fraction of sp³-hybridized carbons (Fsp3) is 0.364. The smallest absolute Gasteiger partial charge is 0.286 e. The second kappa shape index (κ2) is 5.68. The molecule has 0 heterocycles. The van der Waals surface area contributed by atoms with Crippen molar-refractivity contribution in [1.82, 2.24) is 5.32 Å². The van der Waals surface area contributed by atoms with Crippen molar-refractivity contribution in [2.75, 3.05) is 0 Å². The molecule has 1 amide bonds. The summed E-state index contributed by atoms with van der Waals surface area (Å²) in [7, 11) is 0. The molecular formula is C11H11F3N2O3. The molecule has 1 aromatic carbocycles. The van der Waals surface area contributed by atoms with E-state index >= 15 is 0 Å². The molecule has 104 valence electrons. The van der Waals surface area contributed by atoms with Gasteiger partial charge < -0.3 is 0 Å². The summed E-state index contributed by atoms with van der Waals surface area (Å²) < 4.78 is 36.3. The van der Waals surface area contributed by atoms with Crippen LogP contribution in [-0.2, 0) is 4.79 Å². The van der Waals surface area contributed by atoms with E-state index in [9.17, 15) is 28.1 Å². The van der Waals surface area contributed by atoms with Crippen LogP contribution in [0.4, 0.5) is 13.2 Å². The highest BCUT2D eigenvalue weighted by Gasteiger charge is 2.43. The first-order chi connectivity index (χ1) is 8.73. The van der Waals surface area contributed by atoms with Gasteiger partial charge in [0.25, 0.3) is 6.17 Å². The zero-order chi connectivity index (χ0) is 14.6. The van der Waals surface area contributed by atoms with Gasteiger partial charge in [-0.1, -0.05) is 30.3 Å². The molecule has 0 radical (unpaired) electrons. The molecule has 0 aliphatic heterocycles. The van der Waals surface area contributed by atoms with Crippen molar-refractivity contribution in [3.63, 3.8) is 0 Å². The van der Waals surface area contributed by atoms with Crippen molar-refractivity contribution in [3.05, 3.63) is 46.0 Å². The third-order valence-corrected chi connectivity index (χ3v) is 2.56. The summed E-state index contributed by atoms with van der Waals surface area (Å²) in [5, 5.41) is 12.2. The number of hydrogen-bond acceptors (Lipinski definition) is 3. The molecule has 2 unspecified atom stereocenters. The van der Waals surface area contributed by atoms with Crippen molar-refractivity contribution in [2.45, 2.75) is 25.2 Å². The van der Waals surface area contributed by atoms with Gasteiger partial charge in [-0.25, -0.2) is 0 Å². The predicted octanol–water partition coefficient (Wildman–Crippen LogP) is 2.07. The molecule has 1 rings (SSSR count). The number of halogens is 3. The maximum atomic E-state index is 12.1. The van der Waals surface area contributed by atoms with Crippen LogP contribution in [0.25, 0.3) is 0 Å². The number of nitrogens with one attached hydrogen (secondary N) is 1. The largest absolute Gasteiger partial charge is 0.471 e. The Kier molecular flexibility index (Phi) is 4.47. The summed E-state index contributed by atoms with van der Waals surface area (Å²) in [6.07, 6.45) is -6.98. The van der Waals surface area contributed by atoms with Crippen molar-refractivity contribution >= 4 is 5.91 Å². The number of rotatable bonds is 4. The van der Waals surface area contributed by atoms with E-state index in [-0.39, 0.29) is 0 Å². The van der Waals surface area contributed by atoms with Gasteiger partial charge in [-0.2, -0.15) is 13.2 Å². The molecule has 2 atom stereocenters. The lowest BCUT2D eigenvalue weighted by molar-refractivity contribution is -0.531. The number of alkyl halides is 3. The van der Waals surface area contributed by atoms with Gasteiger partial charge in [-0.3, -0.25) is 20.2 Å². The number of carbonyl (C=O) groups excluding carboxylic acids is 1. The van der Waals surface area contributed by atoms with E-state index in [0.717, 1.165) is 0 Å². The normalized spacial score (nSPS) is 14.5. The van der Waals surface area contributed by atoms with Crippen LogP contribution in [0.1, 0.15) is 18.4 Å². The van der Waals surface area contributed by atoms with Crippen LogP contribution in [0, 0.1) is 10.1 Å². The molecule has 0 bridgehead atoms. The van der Waals surface area contributed by atoms with Crippen molar-refractivity contribution in [2.24, 2.45) is 0 Å². The molecule has 0 saturated heterocycles. The summed E-state index contributed by atoms with van der Waals surface area (Å²) >= 11 is 0. The number of nitrogens with zero attached hydrogens (tertiary/aromatic N) is 1. The first kappa shape index (κ1) is 14.9. The second-order valence-corrected chi connectivity index (χ2v) is 3.90. The van der Waals surface area contributed by atoms with Crippen molar-refractivity contribution < 1.29 is 22.9 Å². The first-order valence-corrected chi connectivity index (χ1v) is 5.29. The Balaban J connectivity index is 2.90. The van der Waals surface area contributed by atoms with Gasteiger partial charge in [0.05, 0.1) is 5.92 Å². The molecule has 0 aliphatic rings. The van der Waals surface area contributed by atoms with Crippen LogP contribution < -0.4 is 5.32 Å². The fourth-order valence-electron chi connectivity index (χ4n) is 1.52. The SMILES string of the molecule is CC(c1ccccc1)C(NC(=O)C(F)(F)F)[N+](=O)[O-]. The van der Waals surface area contributed by atoms with Gasteiger partial charge in [0.1, 0.15) is 0 Å². The van der Waals surface area contributed by atoms with Crippen LogP contribution in [0.5, 0.6) is 0 Å². The zero-order valence-corrected chi connectivity index (χ0v) is 9.85. The van der Waals surface area contributed by atoms with Gasteiger partial charge in [0.15, 0.2) is 0 Å². The van der Waals surface area contributed by atoms with Crippen LogP contribution in [0.15, 0.2) is 30.3 Å². The number of hydrogen-bond donors (Lipinski definition) is 1. The Morgan fingerprint density at radius 2 is 1.84 bits per heavy atom. The highest BCUT2D eigenvalue weighted by Crippen LogP contribution is 2.21. The van der Waals surface area contributed by atoms with Gasteiger partial charge in [-0.05, 0) is 12.5 Å². The molecule has 1 aromatic rings. The van der Waals surface area contributed by atoms with E-state index < -0.39 is 29.1 Å². The van der Waals surface area contributed by atoms with E-state index in [1.807, 2.05) is 0 Å². The van der Waals surface area contributed by atoms with Crippen molar-refractivity contribution in [1.29, 1.82) is 0 Å². The Hall–Kier alpha value is -2.12. The molecule has 1 N–H and O–H groups in total. The van der Waals surface area contributed by atoms with Gasteiger partial charge >= 0.3 is 12.1 Å². The summed E-state index contributed by atoms with van der Waals surface area (Å²) in [5.74, 6) is -3.21. The quantitative estimate of drug-likeness (QED) is 0.520. The Morgan fingerprint density at radius 3 is 2.26 bits per heavy atom. The number of benzene rings is 1. The topological polar surface area (TPSA) is 72.2 Å². The summed E-state index contributed by atoms with van der Waals surface area (Å²) in [6.45, 7) is 1.37. The monoisotopic (exact) mass is 276 g/mol. The average molecular weight is 276 g/mol. The maximum absolute atomic E-state index is 12.1. The molecule has 0 aromatic heterocycles. The van der Waals surface area contributed by atoms with E-state index in [2.05, 4.69) is 0 Å². The number of carbonyl (C=O) groups is 1. The molecule has 0 spiro atoms. The highest BCUT2D eigenvalue weighted by atomic mass is 19.4. The third-order valence-electron chi connectivity index (χ3n) is 2.56. The predicted molar refractivity (Wildman–Crippen MR) is 59.8 cm³/mol. The minimum Gasteiger partial charge on any atom is -0.286 e. The molecule has 0 fully saturated rings. The molecular weight excluding hydrogens is 265 g/mol. The van der Waals surface area contributed by atoms with E-state index in [1.165, 1.54) is 12.2 Å². The summed E-state index contributed by atoms with van der Waals surface area (Å²) in [4.78, 5) is 20.6. The lowest BCUT2D eigenvalue weighted by atomic mass is 9.98. The minimum atomic E-state index is -5.15. The lowest BCUT2D eigenvalue weighted by Crippen LogP contribution is -2.49. The first-order valence-electron chi connectivity index (χ1n) is 5.29. The average Bonchev–Trinajstić information content (AvgIpc) is 2.34. The summed E-state index contributed by atoms with van der Waals surface area (Å²) in [5.41, 5.74) is 0.465. The highest BCUT2D eigenvalue weighted by molar-refractivity contribution is 5.81. The third kappa shape index (κ3) is 3.94. The zero-order valence-electron chi connectivity index (χ0n) is 9.85. The van der Waals surface area contributed by atoms with E-state index in [1.54, 1.807) is 30.3 Å². The molecule has 8 heteroatoms. The number of nitro groups is 1. The molecule has 5 nitrogen and oxygen atoms in total. The minimum absolute atomic E-state index is 0.465. The van der Waals surface area contributed by atoms with E-state index in [0.29, 0.717) is 5.56 Å². The molecule has 19 heavy (non-hydrogen) atoms. The second-order valence-electron chi connectivity index (χ2n) is 3.90. The van der Waals surface area contributed by atoms with Crippen LogP contribution in [-0.4, -0.2) is 23.2 Å². The van der Waals surface area contributed by atoms with Crippen LogP contribution >= 0.6 is 0 Å². The van der Waals surface area contributed by atoms with Gasteiger partial charge in [0.2, 0.25) is 0 Å². The van der Waals surface area contributed by atoms with Crippen molar-refractivity contribution in [3.8, 4) is 0 Å². The lowest BCUT2D eigenvalue weighted by Gasteiger charge is -2.19. The fourth-order valence-corrected chi connectivity index (χ4v) is 1.52. The van der Waals surface area contributed by atoms with Gasteiger partial charge in [0, 0.05) is 4.92 Å². The number of amides is 1. The molecule has 0 saturated carbocycles. The Labute approximate surface area is 106 Å². The van der Waals surface area contributed by atoms with Crippen LogP contribution in [0.3, 0.4) is 0 Å². The van der Waals surface area contributed by atoms with E-state index in [4.69, 9.17) is 0 Å².